The average Bonchev–Trinajstić information content (AvgIpc) is 3.10. The highest BCUT2D eigenvalue weighted by Gasteiger charge is 2.15. The fourth-order valence-electron chi connectivity index (χ4n) is 2.11. The molecule has 0 aliphatic heterocycles. The largest absolute Gasteiger partial charge is 0.505 e. The van der Waals surface area contributed by atoms with Crippen molar-refractivity contribution in [2.45, 2.75) is 6.54 Å². The van der Waals surface area contributed by atoms with Gasteiger partial charge in [-0.15, -0.1) is 5.10 Å². The van der Waals surface area contributed by atoms with Gasteiger partial charge in [0.2, 0.25) is 5.82 Å². The van der Waals surface area contributed by atoms with Crippen LogP contribution in [-0.2, 0) is 6.54 Å². The first kappa shape index (κ1) is 18.4. The molecule has 0 saturated carbocycles. The Balaban J connectivity index is 1.75. The smallest absolute Gasteiger partial charge is 0.291 e. The van der Waals surface area contributed by atoms with Crippen LogP contribution >= 0.6 is 34.8 Å². The van der Waals surface area contributed by atoms with E-state index in [9.17, 15) is 14.3 Å². The number of aromatic nitrogens is 3. The Hall–Kier alpha value is -2.35. The van der Waals surface area contributed by atoms with E-state index in [4.69, 9.17) is 34.8 Å². The van der Waals surface area contributed by atoms with Gasteiger partial charge in [-0.3, -0.25) is 4.79 Å². The molecule has 0 atom stereocenters. The third-order valence-corrected chi connectivity index (χ3v) is 4.22. The van der Waals surface area contributed by atoms with Crippen LogP contribution in [0.4, 0.5) is 4.39 Å². The van der Waals surface area contributed by atoms with Gasteiger partial charge in [-0.25, -0.2) is 14.1 Å². The summed E-state index contributed by atoms with van der Waals surface area (Å²) in [5.41, 5.74) is 0.646. The van der Waals surface area contributed by atoms with Crippen molar-refractivity contribution in [3.8, 4) is 11.4 Å². The highest BCUT2D eigenvalue weighted by molar-refractivity contribution is 6.37. The predicted octanol–water partition coefficient (Wildman–Crippen LogP) is 4.00. The van der Waals surface area contributed by atoms with E-state index < -0.39 is 11.7 Å². The minimum atomic E-state index is -0.598. The summed E-state index contributed by atoms with van der Waals surface area (Å²) in [6.07, 6.45) is 1.29. The second-order valence-electron chi connectivity index (χ2n) is 5.19. The minimum absolute atomic E-state index is 0.0328. The highest BCUT2D eigenvalue weighted by Crippen LogP contribution is 2.33. The zero-order valence-corrected chi connectivity index (χ0v) is 15.1. The molecular weight excluding hydrogens is 406 g/mol. The summed E-state index contributed by atoms with van der Waals surface area (Å²) < 4.78 is 14.9. The third kappa shape index (κ3) is 3.90. The maximum absolute atomic E-state index is 13.7. The number of carbonyl (C=O) groups is 1. The van der Waals surface area contributed by atoms with Crippen LogP contribution in [0.2, 0.25) is 15.1 Å². The Bertz CT molecular complexity index is 970. The average molecular weight is 416 g/mol. The maximum atomic E-state index is 13.7. The van der Waals surface area contributed by atoms with Crippen molar-refractivity contribution in [2.75, 3.05) is 0 Å². The molecule has 3 aromatic rings. The lowest BCUT2D eigenvalue weighted by Gasteiger charge is -2.06. The number of hydrogen-bond donors (Lipinski definition) is 2. The lowest BCUT2D eigenvalue weighted by molar-refractivity contribution is 0.0940. The van der Waals surface area contributed by atoms with Crippen molar-refractivity contribution in [1.29, 1.82) is 0 Å². The van der Waals surface area contributed by atoms with Gasteiger partial charge in [0, 0.05) is 17.1 Å². The van der Waals surface area contributed by atoms with E-state index in [1.807, 2.05) is 0 Å². The summed E-state index contributed by atoms with van der Waals surface area (Å²) >= 11 is 17.5. The molecule has 134 valence electrons. The Morgan fingerprint density at radius 2 is 1.88 bits per heavy atom. The lowest BCUT2D eigenvalue weighted by atomic mass is 10.2. The molecule has 1 amide bonds. The molecule has 2 N–H and O–H groups in total. The zero-order chi connectivity index (χ0) is 18.8. The van der Waals surface area contributed by atoms with Gasteiger partial charge in [0.25, 0.3) is 5.91 Å². The number of carbonyl (C=O) groups excluding carboxylic acids is 1. The lowest BCUT2D eigenvalue weighted by Crippen LogP contribution is -2.24. The summed E-state index contributed by atoms with van der Waals surface area (Å²) in [6.45, 7) is -0.0728. The Labute approximate surface area is 162 Å². The molecule has 0 spiro atoms. The molecule has 3 rings (SSSR count). The van der Waals surface area contributed by atoms with Crippen LogP contribution < -0.4 is 5.32 Å². The van der Waals surface area contributed by atoms with Crippen LogP contribution in [-0.4, -0.2) is 25.8 Å². The van der Waals surface area contributed by atoms with E-state index in [1.54, 1.807) is 0 Å². The van der Waals surface area contributed by atoms with Gasteiger partial charge in [-0.2, -0.15) is 0 Å². The third-order valence-electron chi connectivity index (χ3n) is 3.41. The fraction of sp³-hybridized carbons (Fsp3) is 0.0625. The van der Waals surface area contributed by atoms with Crippen LogP contribution in [0, 0.1) is 5.82 Å². The summed E-state index contributed by atoms with van der Waals surface area (Å²) in [4.78, 5) is 16.0. The topological polar surface area (TPSA) is 80.0 Å². The van der Waals surface area contributed by atoms with Crippen LogP contribution in [0.3, 0.4) is 0 Å². The first-order chi connectivity index (χ1) is 12.3. The molecule has 0 aliphatic rings. The quantitative estimate of drug-likeness (QED) is 0.675. The number of amides is 1. The van der Waals surface area contributed by atoms with Crippen molar-refractivity contribution in [2.24, 2.45) is 0 Å². The summed E-state index contributed by atoms with van der Waals surface area (Å²) in [5, 5.41) is 16.5. The summed E-state index contributed by atoms with van der Waals surface area (Å²) in [7, 11) is 0. The van der Waals surface area contributed by atoms with E-state index in [0.29, 0.717) is 10.7 Å². The van der Waals surface area contributed by atoms with E-state index in [2.05, 4.69) is 15.4 Å². The Kier molecular flexibility index (Phi) is 5.31. The van der Waals surface area contributed by atoms with E-state index >= 15 is 0 Å². The van der Waals surface area contributed by atoms with Gasteiger partial charge in [0.15, 0.2) is 5.75 Å². The molecule has 0 unspecified atom stereocenters. The number of phenols is 1. The van der Waals surface area contributed by atoms with Crippen molar-refractivity contribution in [1.82, 2.24) is 20.1 Å². The number of hydrogen-bond acceptors (Lipinski definition) is 4. The maximum Gasteiger partial charge on any atom is 0.291 e. The molecule has 0 bridgehead atoms. The van der Waals surface area contributed by atoms with Gasteiger partial charge in [-0.05, 0) is 30.3 Å². The number of benzene rings is 2. The van der Waals surface area contributed by atoms with Crippen molar-refractivity contribution >= 4 is 40.7 Å². The van der Waals surface area contributed by atoms with Gasteiger partial charge in [0.05, 0.1) is 15.7 Å². The number of aromatic hydroxyl groups is 1. The molecule has 26 heavy (non-hydrogen) atoms. The Morgan fingerprint density at radius 3 is 2.58 bits per heavy atom. The predicted molar refractivity (Wildman–Crippen MR) is 95.6 cm³/mol. The number of rotatable bonds is 4. The minimum Gasteiger partial charge on any atom is -0.505 e. The number of nitrogens with one attached hydrogen (secondary N) is 1. The van der Waals surface area contributed by atoms with Crippen molar-refractivity contribution in [3.05, 3.63) is 68.9 Å². The van der Waals surface area contributed by atoms with E-state index in [-0.39, 0.29) is 33.7 Å². The first-order valence-corrected chi connectivity index (χ1v) is 8.30. The molecule has 6 nitrogen and oxygen atoms in total. The van der Waals surface area contributed by atoms with Crippen molar-refractivity contribution < 1.29 is 14.3 Å². The van der Waals surface area contributed by atoms with Gasteiger partial charge in [-0.1, -0.05) is 34.8 Å². The molecule has 10 heteroatoms. The van der Waals surface area contributed by atoms with Gasteiger partial charge >= 0.3 is 0 Å². The second kappa shape index (κ2) is 7.49. The van der Waals surface area contributed by atoms with E-state index in [1.165, 1.54) is 41.3 Å². The first-order valence-electron chi connectivity index (χ1n) is 7.17. The normalized spacial score (nSPS) is 10.8. The van der Waals surface area contributed by atoms with Gasteiger partial charge < -0.3 is 10.4 Å². The summed E-state index contributed by atoms with van der Waals surface area (Å²) in [6, 6.07) is 6.89. The molecule has 0 radical (unpaired) electrons. The van der Waals surface area contributed by atoms with Crippen LogP contribution in [0.5, 0.6) is 5.75 Å². The summed E-state index contributed by atoms with van der Waals surface area (Å²) in [5.74, 6) is -1.47. The number of nitrogens with zero attached hydrogens (tertiary/aromatic N) is 3. The molecule has 1 aromatic heterocycles. The fourth-order valence-corrected chi connectivity index (χ4v) is 2.78. The molecule has 0 aliphatic carbocycles. The molecular formula is C16H10Cl3FN4O2. The number of phenolic OH excluding ortho intramolecular Hbond substituents is 1. The number of halogens is 4. The van der Waals surface area contributed by atoms with Crippen molar-refractivity contribution in [3.63, 3.8) is 0 Å². The van der Waals surface area contributed by atoms with Gasteiger partial charge in [0.1, 0.15) is 12.1 Å². The molecule has 0 saturated heterocycles. The molecule has 0 fully saturated rings. The SMILES string of the molecule is O=C(NCc1cc(Cl)ccc1F)c1ncn(-c2cc(Cl)c(O)c(Cl)c2)n1. The zero-order valence-electron chi connectivity index (χ0n) is 12.9. The van der Waals surface area contributed by atoms with Crippen LogP contribution in [0.1, 0.15) is 16.2 Å². The Morgan fingerprint density at radius 1 is 1.19 bits per heavy atom. The second-order valence-corrected chi connectivity index (χ2v) is 6.44. The monoisotopic (exact) mass is 414 g/mol. The van der Waals surface area contributed by atoms with E-state index in [0.717, 1.165) is 0 Å². The van der Waals surface area contributed by atoms with Crippen LogP contribution in [0.15, 0.2) is 36.7 Å². The standard InChI is InChI=1S/C16H10Cl3FN4O2/c17-9-1-2-13(20)8(3-9)6-21-16(26)15-22-7-24(23-15)10-4-11(18)14(25)12(19)5-10/h1-5,7,25H,6H2,(H,21,26). The van der Waals surface area contributed by atoms with Crippen LogP contribution in [0.25, 0.3) is 5.69 Å². The highest BCUT2D eigenvalue weighted by atomic mass is 35.5. The molecule has 1 heterocycles. The molecule has 2 aromatic carbocycles.